The largest absolute Gasteiger partial charge is 0.416 e. The van der Waals surface area contributed by atoms with E-state index in [9.17, 15) is 31.4 Å². The Bertz CT molecular complexity index is 419. The summed E-state index contributed by atoms with van der Waals surface area (Å²) in [6, 6.07) is 0.275. The molecule has 1 aromatic carbocycles. The van der Waals surface area contributed by atoms with Gasteiger partial charge < -0.3 is 10.8 Å². The molecule has 0 heterocycles. The lowest BCUT2D eigenvalue weighted by Crippen LogP contribution is -2.61. The fourth-order valence-electron chi connectivity index (χ4n) is 1.48. The van der Waals surface area contributed by atoms with Gasteiger partial charge in [-0.25, -0.2) is 0 Å². The molecule has 2 atom stereocenters. The van der Waals surface area contributed by atoms with Crippen LogP contribution in [-0.4, -0.2) is 11.1 Å². The maximum absolute atomic E-state index is 12.5. The molecule has 1 rings (SSSR count). The van der Waals surface area contributed by atoms with Gasteiger partial charge in [0.15, 0.2) is 0 Å². The fourth-order valence-corrected chi connectivity index (χ4v) is 1.48. The van der Waals surface area contributed by atoms with Crippen LogP contribution in [-0.2, 0) is 12.4 Å². The monoisotopic (exact) mass is 288 g/mol. The van der Waals surface area contributed by atoms with E-state index in [1.807, 2.05) is 0 Å². The van der Waals surface area contributed by atoms with E-state index in [1.165, 1.54) is 6.92 Å². The molecule has 8 heteroatoms. The van der Waals surface area contributed by atoms with Gasteiger partial charge in [-0.05, 0) is 30.7 Å². The average Bonchev–Trinajstić information content (AvgIpc) is 2.24. The lowest BCUT2D eigenvalue weighted by molar-refractivity contribution is -0.433. The molecule has 0 saturated heterocycles. The first kappa shape index (κ1) is 15.8. The maximum Gasteiger partial charge on any atom is 0.416 e. The highest BCUT2D eigenvalue weighted by molar-refractivity contribution is 5.35. The van der Waals surface area contributed by atoms with Crippen LogP contribution in [0.25, 0.3) is 0 Å². The molecule has 0 bridgehead atoms. The van der Waals surface area contributed by atoms with Crippen LogP contribution in [0.2, 0.25) is 0 Å². The predicted molar refractivity (Wildman–Crippen MR) is 53.8 cm³/mol. The summed E-state index contributed by atoms with van der Waals surface area (Å²) in [5, 5.41) is 9.58. The molecule has 0 unspecified atom stereocenters. The Morgan fingerprint density at radius 2 is 1.32 bits per heavy atom. The smallest absolute Gasteiger partial charge is 0.382 e. The van der Waals surface area contributed by atoms with Crippen LogP contribution in [0, 0.1) is 0 Å². The van der Waals surface area contributed by atoms with Gasteiger partial charge in [-0.1, -0.05) is 0 Å². The third-order valence-electron chi connectivity index (χ3n) is 2.49. The lowest BCUT2D eigenvalue weighted by Gasteiger charge is -2.17. The van der Waals surface area contributed by atoms with Crippen molar-refractivity contribution in [1.82, 2.24) is 0 Å². The van der Waals surface area contributed by atoms with E-state index in [0.29, 0.717) is 12.1 Å². The van der Waals surface area contributed by atoms with Gasteiger partial charge in [0.25, 0.3) is 0 Å². The average molecular weight is 288 g/mol. The zero-order valence-corrected chi connectivity index (χ0v) is 9.81. The molecule has 0 radical (unpaired) electrons. The molecule has 0 spiro atoms. The maximum atomic E-state index is 12.5. The van der Waals surface area contributed by atoms with Crippen LogP contribution in [0.5, 0.6) is 0 Å². The van der Waals surface area contributed by atoms with Gasteiger partial charge in [0.1, 0.15) is 12.1 Å². The number of halogens is 6. The van der Waals surface area contributed by atoms with Crippen molar-refractivity contribution in [3.63, 3.8) is 0 Å². The molecular formula is C11H12F6NO+. The lowest BCUT2D eigenvalue weighted by atomic mass is 9.98. The quantitative estimate of drug-likeness (QED) is 0.807. The molecule has 108 valence electrons. The van der Waals surface area contributed by atoms with Crippen molar-refractivity contribution in [2.45, 2.75) is 31.4 Å². The van der Waals surface area contributed by atoms with Gasteiger partial charge in [-0.2, -0.15) is 26.3 Å². The van der Waals surface area contributed by atoms with Crippen molar-refractivity contribution in [2.75, 3.05) is 0 Å². The summed E-state index contributed by atoms with van der Waals surface area (Å²) in [4.78, 5) is 0. The summed E-state index contributed by atoms with van der Waals surface area (Å²) in [5.74, 6) is 0. The molecule has 4 N–H and O–H groups in total. The molecule has 0 aliphatic rings. The number of benzene rings is 1. The first-order valence-electron chi connectivity index (χ1n) is 5.23. The Morgan fingerprint density at radius 3 is 1.58 bits per heavy atom. The van der Waals surface area contributed by atoms with Crippen molar-refractivity contribution < 1.29 is 37.2 Å². The minimum atomic E-state index is -4.92. The van der Waals surface area contributed by atoms with E-state index in [2.05, 4.69) is 5.73 Å². The first-order valence-corrected chi connectivity index (χ1v) is 5.23. The summed E-state index contributed by atoms with van der Waals surface area (Å²) < 4.78 is 75.2. The summed E-state index contributed by atoms with van der Waals surface area (Å²) in [6.07, 6.45) is -11.3. The summed E-state index contributed by atoms with van der Waals surface area (Å²) in [7, 11) is 0. The van der Waals surface area contributed by atoms with Crippen LogP contribution >= 0.6 is 0 Å². The second-order valence-electron chi connectivity index (χ2n) is 4.26. The number of rotatable bonds is 2. The van der Waals surface area contributed by atoms with Crippen LogP contribution in [0.15, 0.2) is 18.2 Å². The van der Waals surface area contributed by atoms with E-state index in [4.69, 9.17) is 0 Å². The topological polar surface area (TPSA) is 47.9 Å². The Balaban J connectivity index is 3.41. The van der Waals surface area contributed by atoms with Gasteiger partial charge in [0.05, 0.1) is 11.1 Å². The highest BCUT2D eigenvalue weighted by atomic mass is 19.4. The van der Waals surface area contributed by atoms with Crippen molar-refractivity contribution in [2.24, 2.45) is 0 Å². The highest BCUT2D eigenvalue weighted by Crippen LogP contribution is 2.37. The predicted octanol–water partition coefficient (Wildman–Crippen LogP) is 2.39. The molecule has 0 aliphatic carbocycles. The summed E-state index contributed by atoms with van der Waals surface area (Å²) in [6.45, 7) is 1.39. The number of aliphatic hydroxyl groups excluding tert-OH is 1. The normalized spacial score (nSPS) is 16.3. The van der Waals surface area contributed by atoms with Gasteiger partial charge in [-0.3, -0.25) is 0 Å². The fraction of sp³-hybridized carbons (Fsp3) is 0.455. The summed E-state index contributed by atoms with van der Waals surface area (Å²) >= 11 is 0. The van der Waals surface area contributed by atoms with Gasteiger partial charge in [0, 0.05) is 0 Å². The molecule has 2 nitrogen and oxygen atoms in total. The Labute approximate surface area is 104 Å². The van der Waals surface area contributed by atoms with Crippen molar-refractivity contribution in [3.8, 4) is 0 Å². The van der Waals surface area contributed by atoms with Crippen molar-refractivity contribution in [1.29, 1.82) is 0 Å². The van der Waals surface area contributed by atoms with Crippen molar-refractivity contribution in [3.05, 3.63) is 34.9 Å². The Hall–Kier alpha value is -1.28. The number of hydrogen-bond acceptors (Lipinski definition) is 1. The SMILES string of the molecule is C[C@H]([NH3+])[C@H](O)c1cc(C(F)(F)F)cc(C(F)(F)F)c1. The molecule has 0 saturated carbocycles. The highest BCUT2D eigenvalue weighted by Gasteiger charge is 2.37. The number of alkyl halides is 6. The zero-order valence-electron chi connectivity index (χ0n) is 9.81. The van der Waals surface area contributed by atoms with E-state index < -0.39 is 41.2 Å². The zero-order chi connectivity index (χ0) is 15.0. The second-order valence-corrected chi connectivity index (χ2v) is 4.26. The van der Waals surface area contributed by atoms with Gasteiger partial charge in [0.2, 0.25) is 0 Å². The molecule has 19 heavy (non-hydrogen) atoms. The molecule has 0 aliphatic heterocycles. The standard InChI is InChI=1S/C11H11F6NO/c1-5(18)9(19)6-2-7(10(12,13)14)4-8(3-6)11(15,16)17/h2-5,9,19H,18H2,1H3/p+1/t5-,9-/m0/s1. The van der Waals surface area contributed by atoms with Gasteiger partial charge >= 0.3 is 12.4 Å². The van der Waals surface area contributed by atoms with Crippen LogP contribution in [0.1, 0.15) is 29.7 Å². The molecule has 0 amide bonds. The van der Waals surface area contributed by atoms with E-state index in [-0.39, 0.29) is 6.07 Å². The number of quaternary nitrogens is 1. The van der Waals surface area contributed by atoms with Crippen LogP contribution < -0.4 is 5.73 Å². The first-order chi connectivity index (χ1) is 8.43. The number of hydrogen-bond donors (Lipinski definition) is 2. The molecule has 0 aromatic heterocycles. The van der Waals surface area contributed by atoms with Crippen LogP contribution in [0.3, 0.4) is 0 Å². The van der Waals surface area contributed by atoms with Gasteiger partial charge in [-0.15, -0.1) is 0 Å². The van der Waals surface area contributed by atoms with Crippen LogP contribution in [0.4, 0.5) is 26.3 Å². The molecule has 0 fully saturated rings. The summed E-state index contributed by atoms with van der Waals surface area (Å²) in [5.41, 5.74) is 0.0375. The van der Waals surface area contributed by atoms with E-state index >= 15 is 0 Å². The second kappa shape index (κ2) is 5.01. The van der Waals surface area contributed by atoms with E-state index in [1.54, 1.807) is 0 Å². The third-order valence-corrected chi connectivity index (χ3v) is 2.49. The minimum absolute atomic E-state index is 0.0178. The number of aliphatic hydroxyl groups is 1. The molecule has 1 aromatic rings. The van der Waals surface area contributed by atoms with Crippen molar-refractivity contribution >= 4 is 0 Å². The third kappa shape index (κ3) is 3.84. The van der Waals surface area contributed by atoms with E-state index in [0.717, 1.165) is 0 Å². The Kier molecular flexibility index (Phi) is 4.16. The molecular weight excluding hydrogens is 276 g/mol. The Morgan fingerprint density at radius 1 is 0.947 bits per heavy atom. The minimum Gasteiger partial charge on any atom is -0.382 e.